The van der Waals surface area contributed by atoms with E-state index in [1.807, 2.05) is 6.08 Å². The van der Waals surface area contributed by atoms with Gasteiger partial charge in [0.05, 0.1) is 36.6 Å². The molecule has 0 amide bonds. The second-order valence-corrected chi connectivity index (χ2v) is 39.8. The van der Waals surface area contributed by atoms with Gasteiger partial charge in [-0.15, -0.1) is 0 Å². The van der Waals surface area contributed by atoms with Gasteiger partial charge in [0, 0.05) is 58.6 Å². The number of hydrogen-bond donors (Lipinski definition) is 8. The molecule has 12 nitrogen and oxygen atoms in total. The second kappa shape index (κ2) is 47.1. The molecule has 13 aliphatic carbocycles. The molecule has 111 heavy (non-hydrogen) atoms. The number of halogens is 1. The molecule has 10 saturated carbocycles. The van der Waals surface area contributed by atoms with Crippen LogP contribution in [0.15, 0.2) is 47.1 Å². The summed E-state index contributed by atoms with van der Waals surface area (Å²) in [6, 6.07) is 0. The molecular weight excluding hydrogens is 1500 g/mol. The van der Waals surface area contributed by atoms with E-state index in [1.54, 1.807) is 85.1 Å². The van der Waals surface area contributed by atoms with Crippen molar-refractivity contribution in [2.75, 3.05) is 14.2 Å². The predicted molar refractivity (Wildman–Crippen MR) is 451 cm³/mol. The van der Waals surface area contributed by atoms with Gasteiger partial charge in [-0.25, -0.2) is 4.79 Å². The summed E-state index contributed by atoms with van der Waals surface area (Å²) in [4.78, 5) is 22.9. The molecule has 10 fully saturated rings. The summed E-state index contributed by atoms with van der Waals surface area (Å²) in [7, 11) is 2.93. The Morgan fingerprint density at radius 2 is 0.757 bits per heavy atom. The summed E-state index contributed by atoms with van der Waals surface area (Å²) < 4.78 is 9.56. The van der Waals surface area contributed by atoms with E-state index in [-0.39, 0.29) is 104 Å². The Balaban J connectivity index is 0.000000383. The van der Waals surface area contributed by atoms with Gasteiger partial charge in [0.25, 0.3) is 0 Å². The third-order valence-corrected chi connectivity index (χ3v) is 31.4. The topological polar surface area (TPSA) is 214 Å². The minimum absolute atomic E-state index is 0. The number of aliphatic hydroxyl groups is 8. The van der Waals surface area contributed by atoms with Crippen molar-refractivity contribution in [3.8, 4) is 0 Å². The molecule has 0 aliphatic heterocycles. The largest absolute Gasteiger partial charge is 2.00 e. The van der Waals surface area contributed by atoms with Crippen molar-refractivity contribution in [2.24, 2.45) is 123 Å². The number of allylic oxidation sites excluding steroid dienone is 4. The average Bonchev–Trinajstić information content (AvgIpc) is 1.67. The Morgan fingerprint density at radius 1 is 0.450 bits per heavy atom. The van der Waals surface area contributed by atoms with E-state index in [0.717, 1.165) is 191 Å². The summed E-state index contributed by atoms with van der Waals surface area (Å²) in [5, 5.41) is 75.0. The van der Waals surface area contributed by atoms with Gasteiger partial charge in [0.2, 0.25) is 0 Å². The normalized spacial score (nSPS) is 38.0. The molecule has 0 heterocycles. The van der Waals surface area contributed by atoms with Gasteiger partial charge in [-0.05, 0) is 390 Å². The van der Waals surface area contributed by atoms with Gasteiger partial charge in [-0.3, -0.25) is 4.79 Å². The van der Waals surface area contributed by atoms with Gasteiger partial charge < -0.3 is 74.2 Å². The number of aliphatic hydroxyl groups excluding tert-OH is 4. The number of rotatable bonds is 17. The van der Waals surface area contributed by atoms with Crippen LogP contribution in [0.3, 0.4) is 0 Å². The van der Waals surface area contributed by atoms with Crippen LogP contribution in [0, 0.1) is 130 Å². The molecule has 15 heteroatoms. The number of methoxy groups -OCH3 is 2. The summed E-state index contributed by atoms with van der Waals surface area (Å²) in [5.41, 5.74) is 4.72. The molecule has 24 atom stereocenters. The molecule has 0 aromatic carbocycles. The number of ether oxygens (including phenoxy) is 2. The van der Waals surface area contributed by atoms with Crippen molar-refractivity contribution >= 4 is 35.0 Å². The molecule has 0 spiro atoms. The second-order valence-electron chi connectivity index (χ2n) is 39.8. The Bertz CT molecular complexity index is 2820. The van der Waals surface area contributed by atoms with Crippen molar-refractivity contribution in [1.29, 1.82) is 0 Å². The van der Waals surface area contributed by atoms with Crippen molar-refractivity contribution in [3.05, 3.63) is 54.0 Å². The summed E-state index contributed by atoms with van der Waals surface area (Å²) >= 11 is 0. The summed E-state index contributed by atoms with van der Waals surface area (Å²) in [5.74, 6) is 14.3. The van der Waals surface area contributed by atoms with Gasteiger partial charge in [-0.2, -0.15) is 6.92 Å². The fourth-order valence-corrected chi connectivity index (χ4v) is 25.8. The average molecular weight is 1670 g/mol. The minimum atomic E-state index is -0.441. The van der Waals surface area contributed by atoms with E-state index < -0.39 is 16.8 Å². The molecule has 8 N–H and O–H groups in total. The maximum Gasteiger partial charge on any atom is 2.00 e. The van der Waals surface area contributed by atoms with Crippen LogP contribution in [0.2, 0.25) is 0 Å². The smallest absolute Gasteiger partial charge is 1.00 e. The number of carbonyl (C=O) groups excluding carboxylic acids is 2. The van der Waals surface area contributed by atoms with Crippen LogP contribution in [0.5, 0.6) is 0 Å². The van der Waals surface area contributed by atoms with E-state index >= 15 is 0 Å². The molecule has 0 aromatic rings. The zero-order chi connectivity index (χ0) is 80.5. The first-order valence-electron chi connectivity index (χ1n) is 45.0. The van der Waals surface area contributed by atoms with Crippen LogP contribution in [-0.4, -0.2) is 137 Å². The van der Waals surface area contributed by atoms with Crippen molar-refractivity contribution in [1.82, 2.24) is 0 Å². The van der Waals surface area contributed by atoms with Crippen LogP contribution < -0.4 is 17.0 Å². The molecule has 638 valence electrons. The van der Waals surface area contributed by atoms with Crippen LogP contribution in [-0.2, 0) is 40.8 Å². The Morgan fingerprint density at radius 3 is 1.05 bits per heavy atom. The maximum absolute atomic E-state index is 11.5. The van der Waals surface area contributed by atoms with Crippen molar-refractivity contribution < 1.29 is 98.6 Å². The van der Waals surface area contributed by atoms with Gasteiger partial charge in [-0.1, -0.05) is 116 Å². The molecule has 13 rings (SSSR count). The Labute approximate surface area is 721 Å². The van der Waals surface area contributed by atoms with Crippen LogP contribution >= 0.6 is 0 Å². The third-order valence-electron chi connectivity index (χ3n) is 31.4. The molecular formula is C96H169BrMgO12Ti. The van der Waals surface area contributed by atoms with E-state index in [9.17, 15) is 30.0 Å². The van der Waals surface area contributed by atoms with Crippen molar-refractivity contribution in [3.63, 3.8) is 0 Å². The molecule has 0 saturated heterocycles. The molecule has 0 aromatic heterocycles. The first-order chi connectivity index (χ1) is 50.8. The van der Waals surface area contributed by atoms with Gasteiger partial charge in [0.15, 0.2) is 0 Å². The third kappa shape index (κ3) is 27.8. The van der Waals surface area contributed by atoms with Crippen molar-refractivity contribution in [2.45, 2.75) is 403 Å². The van der Waals surface area contributed by atoms with Crippen LogP contribution in [0.4, 0.5) is 0 Å². The first-order valence-corrected chi connectivity index (χ1v) is 45.0. The summed E-state index contributed by atoms with van der Waals surface area (Å²) in [6.07, 6.45) is 52.5. The Kier molecular flexibility index (Phi) is 44.4. The van der Waals surface area contributed by atoms with Crippen LogP contribution in [0.1, 0.15) is 356 Å². The van der Waals surface area contributed by atoms with Gasteiger partial charge >= 0.3 is 35.0 Å². The standard InChI is InChI=1S/C28H46O2.C27H44O3.C27H42O3.4C3H8O.C2H5.BrH.Mg.Ti/c1-4-27(29)15-12-21-20(18-27)7-8-23-22(21)11-14-26(3)24(9-10-25(23)26)19(2)6-5-13-28(30)16-17-28;2*1-5-27(29)16-14-20-19(17-27)9-10-22-21(20)13-15-26(3)23(11-12-24(22)26)18(2)7-6-8-25(28)30-4;4*1-3(2)4;1-2;;;/h7,19,21-25,29-30H,4-6,8-18H2,1-3H3;9,18,20-24,29H,5-8,10-17H2,1-4H3;6,8-9,18,20-24,29H,5,7,10-17H2,1-4H3;4*3-4H,1-2H3;1H2,2H3;1H;;/q;;;;;;;-1;;+2;/p-1/b;;8-6-;;;;;;;;/t19-,21+,22-,23-,24-,25+,26-,27+;2*18-,20+,21-,22-,23-,24+,26-,27+;;;;;;;;/m111......../s1. The van der Waals surface area contributed by atoms with E-state index in [0.29, 0.717) is 34.5 Å². The van der Waals surface area contributed by atoms with Crippen LogP contribution in [0.25, 0.3) is 0 Å². The molecule has 0 radical (unpaired) electrons. The quantitative estimate of drug-likeness (QED) is 0.0225. The van der Waals surface area contributed by atoms with E-state index in [4.69, 9.17) is 29.9 Å². The first kappa shape index (κ1) is 105. The van der Waals surface area contributed by atoms with E-state index in [1.165, 1.54) is 143 Å². The number of carbonyl (C=O) groups is 2. The summed E-state index contributed by atoms with van der Waals surface area (Å²) in [6.45, 7) is 40.4. The number of fused-ring (bicyclic) bond motifs is 15. The fourth-order valence-electron chi connectivity index (χ4n) is 25.8. The molecule has 13 aliphatic rings. The van der Waals surface area contributed by atoms with E-state index in [2.05, 4.69) is 87.5 Å². The fraction of sp³-hybridized carbons (Fsp3) is 0.885. The maximum atomic E-state index is 11.5. The number of hydrogen-bond acceptors (Lipinski definition) is 12. The zero-order valence-corrected chi connectivity index (χ0v) is 79.1. The monoisotopic (exact) mass is 1670 g/mol. The SMILES string of the molecule is CC(C)O.CC(C)O.CC(C)O.CC(C)O.CC[C@]1(O)CC[C@H]2C(=CC[C@@H]3[C@@H]2CC[C@]2(C)[C@@H]([C@H](C)C/C=C\C(=O)OC)CC[C@@H]32)C1.CC[C@]1(O)CC[C@H]2C(=CC[C@@H]3[C@@H]2CC[C@]2(C)[C@@H]([C@H](C)CCCC(=O)OC)CC[C@@H]32)C1.CC[C@]1(O)CC[C@H]2C(=CC[C@@H]3[C@@H]2CC[C@]2(C)[C@@H]([C@H](C)CCCC4(O)CC4)CC[C@@H]32)C1.[Br-].[CH2-]C.[Mg+2].[Ti]. The number of esters is 2. The zero-order valence-electron chi connectivity index (χ0n) is 74.5. The Hall–Kier alpha value is -0.459. The molecule has 0 unspecified atom stereocenters. The predicted octanol–water partition coefficient (Wildman–Crippen LogP) is 18.0. The molecule has 0 bridgehead atoms. The van der Waals surface area contributed by atoms with Gasteiger partial charge in [0.1, 0.15) is 0 Å². The minimum Gasteiger partial charge on any atom is -1.00 e.